The molecular formula is C19H16N2O3S2. The first-order chi connectivity index (χ1) is 12.7. The third-order valence-electron chi connectivity index (χ3n) is 3.51. The van der Waals surface area contributed by atoms with Crippen LogP contribution >= 0.6 is 23.1 Å². The van der Waals surface area contributed by atoms with Gasteiger partial charge in [0.2, 0.25) is 5.91 Å². The molecule has 3 aromatic rings. The van der Waals surface area contributed by atoms with E-state index in [4.69, 9.17) is 4.74 Å². The van der Waals surface area contributed by atoms with E-state index in [0.29, 0.717) is 10.6 Å². The number of nitrogens with one attached hydrogen (secondary N) is 1. The number of anilines is 1. The van der Waals surface area contributed by atoms with Gasteiger partial charge in [-0.25, -0.2) is 9.78 Å². The quantitative estimate of drug-likeness (QED) is 0.506. The number of rotatable bonds is 6. The molecule has 132 valence electrons. The molecule has 1 aromatic carbocycles. The molecule has 7 heteroatoms. The lowest BCUT2D eigenvalue weighted by Gasteiger charge is -2.07. The molecule has 0 bridgehead atoms. The summed E-state index contributed by atoms with van der Waals surface area (Å²) >= 11 is 2.64. The molecule has 0 atom stereocenters. The molecule has 0 radical (unpaired) electrons. The minimum absolute atomic E-state index is 0.202. The van der Waals surface area contributed by atoms with Crippen molar-refractivity contribution in [3.63, 3.8) is 0 Å². The van der Waals surface area contributed by atoms with Crippen molar-refractivity contribution in [1.29, 1.82) is 0 Å². The van der Waals surface area contributed by atoms with Crippen LogP contribution in [0.15, 0.2) is 65.1 Å². The second kappa shape index (κ2) is 8.64. The van der Waals surface area contributed by atoms with Gasteiger partial charge in [0.25, 0.3) is 0 Å². The maximum Gasteiger partial charge on any atom is 0.341 e. The normalized spacial score (nSPS) is 10.3. The molecule has 2 aromatic heterocycles. The summed E-state index contributed by atoms with van der Waals surface area (Å²) in [5, 5.41) is 5.93. The Bertz CT molecular complexity index is 896. The largest absolute Gasteiger partial charge is 0.465 e. The maximum atomic E-state index is 12.3. The monoisotopic (exact) mass is 384 g/mol. The first-order valence-corrected chi connectivity index (χ1v) is 9.64. The number of carbonyl (C=O) groups is 2. The van der Waals surface area contributed by atoms with Crippen molar-refractivity contribution < 1.29 is 14.3 Å². The molecule has 1 amide bonds. The van der Waals surface area contributed by atoms with Gasteiger partial charge in [-0.3, -0.25) is 4.79 Å². The molecule has 5 nitrogen and oxygen atoms in total. The number of thioether (sulfide) groups is 1. The van der Waals surface area contributed by atoms with Gasteiger partial charge in [0.05, 0.1) is 17.9 Å². The SMILES string of the molecule is COC(=O)c1c(-c2ccccc2)csc1NC(=O)CSc1ccccn1. The van der Waals surface area contributed by atoms with Crippen LogP contribution in [0.4, 0.5) is 5.00 Å². The molecule has 2 heterocycles. The van der Waals surface area contributed by atoms with Crippen molar-refractivity contribution in [2.24, 2.45) is 0 Å². The Morgan fingerprint density at radius 1 is 1.15 bits per heavy atom. The number of esters is 1. The van der Waals surface area contributed by atoms with Gasteiger partial charge in [-0.05, 0) is 17.7 Å². The summed E-state index contributed by atoms with van der Waals surface area (Å²) in [4.78, 5) is 28.7. The number of pyridine rings is 1. The number of aromatic nitrogens is 1. The topological polar surface area (TPSA) is 68.3 Å². The van der Waals surface area contributed by atoms with E-state index in [1.54, 1.807) is 6.20 Å². The zero-order chi connectivity index (χ0) is 18.4. The van der Waals surface area contributed by atoms with E-state index in [1.165, 1.54) is 30.2 Å². The Labute approximate surface area is 159 Å². The summed E-state index contributed by atoms with van der Waals surface area (Å²) in [6.45, 7) is 0. The van der Waals surface area contributed by atoms with Gasteiger partial charge in [0.15, 0.2) is 0 Å². The van der Waals surface area contributed by atoms with Gasteiger partial charge < -0.3 is 10.1 Å². The van der Waals surface area contributed by atoms with Gasteiger partial charge in [0, 0.05) is 17.1 Å². The number of hydrogen-bond donors (Lipinski definition) is 1. The Morgan fingerprint density at radius 2 is 1.92 bits per heavy atom. The molecule has 3 rings (SSSR count). The van der Waals surface area contributed by atoms with E-state index >= 15 is 0 Å². The highest BCUT2D eigenvalue weighted by molar-refractivity contribution is 7.99. The Kier molecular flexibility index (Phi) is 6.04. The standard InChI is InChI=1S/C19H16N2O3S2/c1-24-19(23)17-14(13-7-3-2-4-8-13)11-26-18(17)21-15(22)12-25-16-9-5-6-10-20-16/h2-11H,12H2,1H3,(H,21,22). The number of thiophene rings is 1. The lowest BCUT2D eigenvalue weighted by molar-refractivity contribution is -0.113. The van der Waals surface area contributed by atoms with E-state index in [9.17, 15) is 9.59 Å². The fourth-order valence-electron chi connectivity index (χ4n) is 2.32. The molecule has 0 saturated carbocycles. The van der Waals surface area contributed by atoms with E-state index in [1.807, 2.05) is 53.9 Å². The number of benzene rings is 1. The van der Waals surface area contributed by atoms with Crippen LogP contribution in [0.25, 0.3) is 11.1 Å². The number of carbonyl (C=O) groups excluding carboxylic acids is 2. The van der Waals surface area contributed by atoms with Crippen molar-refractivity contribution >= 4 is 40.0 Å². The van der Waals surface area contributed by atoms with E-state index in [-0.39, 0.29) is 11.7 Å². The van der Waals surface area contributed by atoms with Crippen molar-refractivity contribution in [1.82, 2.24) is 4.98 Å². The van der Waals surface area contributed by atoms with Crippen molar-refractivity contribution in [2.45, 2.75) is 5.03 Å². The molecule has 26 heavy (non-hydrogen) atoms. The van der Waals surface area contributed by atoms with Crippen LogP contribution in [0.2, 0.25) is 0 Å². The minimum atomic E-state index is -0.474. The van der Waals surface area contributed by atoms with Crippen molar-refractivity contribution in [2.75, 3.05) is 18.2 Å². The molecule has 0 aliphatic heterocycles. The molecular weight excluding hydrogens is 368 g/mol. The second-order valence-electron chi connectivity index (χ2n) is 5.22. The van der Waals surface area contributed by atoms with Crippen molar-refractivity contribution in [3.05, 3.63) is 65.7 Å². The average molecular weight is 384 g/mol. The van der Waals surface area contributed by atoms with Crippen LogP contribution in [0.5, 0.6) is 0 Å². The smallest absolute Gasteiger partial charge is 0.341 e. The van der Waals surface area contributed by atoms with Crippen LogP contribution in [-0.4, -0.2) is 29.7 Å². The summed E-state index contributed by atoms with van der Waals surface area (Å²) in [7, 11) is 1.33. The third-order valence-corrected chi connectivity index (χ3v) is 5.35. The summed E-state index contributed by atoms with van der Waals surface area (Å²) in [6, 6.07) is 15.1. The average Bonchev–Trinajstić information content (AvgIpc) is 3.10. The molecule has 1 N–H and O–H groups in total. The van der Waals surface area contributed by atoms with Gasteiger partial charge in [0.1, 0.15) is 10.6 Å². The van der Waals surface area contributed by atoms with Gasteiger partial charge in [-0.15, -0.1) is 11.3 Å². The maximum absolute atomic E-state index is 12.3. The third kappa shape index (κ3) is 4.30. The van der Waals surface area contributed by atoms with Crippen LogP contribution < -0.4 is 5.32 Å². The second-order valence-corrected chi connectivity index (χ2v) is 7.09. The Balaban J connectivity index is 1.78. The molecule has 0 unspecified atom stereocenters. The van der Waals surface area contributed by atoms with Crippen molar-refractivity contribution in [3.8, 4) is 11.1 Å². The fourth-order valence-corrected chi connectivity index (χ4v) is 3.95. The lowest BCUT2D eigenvalue weighted by atomic mass is 10.0. The van der Waals surface area contributed by atoms with Crippen LogP contribution in [-0.2, 0) is 9.53 Å². The van der Waals surface area contributed by atoms with E-state index in [0.717, 1.165) is 16.2 Å². The minimum Gasteiger partial charge on any atom is -0.465 e. The summed E-state index contributed by atoms with van der Waals surface area (Å²) in [6.07, 6.45) is 1.68. The van der Waals surface area contributed by atoms with E-state index < -0.39 is 5.97 Å². The number of hydrogen-bond acceptors (Lipinski definition) is 6. The van der Waals surface area contributed by atoms with Gasteiger partial charge >= 0.3 is 5.97 Å². The summed E-state index contributed by atoms with van der Waals surface area (Å²) < 4.78 is 4.91. The zero-order valence-electron chi connectivity index (χ0n) is 14.0. The van der Waals surface area contributed by atoms with E-state index in [2.05, 4.69) is 10.3 Å². The van der Waals surface area contributed by atoms with Crippen LogP contribution in [0.1, 0.15) is 10.4 Å². The van der Waals surface area contributed by atoms with Gasteiger partial charge in [-0.1, -0.05) is 48.2 Å². The predicted molar refractivity (Wildman–Crippen MR) is 105 cm³/mol. The molecule has 0 saturated heterocycles. The predicted octanol–water partition coefficient (Wildman–Crippen LogP) is 4.33. The lowest BCUT2D eigenvalue weighted by Crippen LogP contribution is -2.16. The van der Waals surface area contributed by atoms with Gasteiger partial charge in [-0.2, -0.15) is 0 Å². The van der Waals surface area contributed by atoms with Crippen LogP contribution in [0.3, 0.4) is 0 Å². The van der Waals surface area contributed by atoms with Crippen LogP contribution in [0, 0.1) is 0 Å². The highest BCUT2D eigenvalue weighted by Gasteiger charge is 2.22. The highest BCUT2D eigenvalue weighted by Crippen LogP contribution is 2.36. The number of nitrogens with zero attached hydrogens (tertiary/aromatic N) is 1. The highest BCUT2D eigenvalue weighted by atomic mass is 32.2. The zero-order valence-corrected chi connectivity index (χ0v) is 15.6. The molecule has 0 fully saturated rings. The first kappa shape index (κ1) is 18.2. The fraction of sp³-hybridized carbons (Fsp3) is 0.105. The molecule has 0 aliphatic rings. The Morgan fingerprint density at radius 3 is 2.62 bits per heavy atom. The number of amides is 1. The molecule has 0 spiro atoms. The first-order valence-electron chi connectivity index (χ1n) is 7.78. The molecule has 0 aliphatic carbocycles. The summed E-state index contributed by atoms with van der Waals surface area (Å²) in [5.74, 6) is -0.471. The number of methoxy groups -OCH3 is 1. The number of ether oxygens (including phenoxy) is 1. The Hall–Kier alpha value is -2.64. The summed E-state index contributed by atoms with van der Waals surface area (Å²) in [5.41, 5.74) is 2.02.